The quantitative estimate of drug-likeness (QED) is 0.365. The van der Waals surface area contributed by atoms with Gasteiger partial charge in [0.1, 0.15) is 5.75 Å². The summed E-state index contributed by atoms with van der Waals surface area (Å²) < 4.78 is 7.35. The Bertz CT molecular complexity index is 990. The van der Waals surface area contributed by atoms with Crippen LogP contribution in [0.1, 0.15) is 66.1 Å². The molecule has 3 aromatic rings. The lowest BCUT2D eigenvalue weighted by Crippen LogP contribution is -2.11. The molecule has 0 saturated carbocycles. The standard InChI is InChI=1S/C21H23N3O3/c1-5-14(4)24-20-18(12-22-24)17(11-13(3)23-20)21(26)27-16-9-7-15(8-10-16)19(25)6-2/h7-12,14H,5-6H2,1-4H3. The van der Waals surface area contributed by atoms with Crippen LogP contribution >= 0.6 is 0 Å². The van der Waals surface area contributed by atoms with Gasteiger partial charge in [-0.2, -0.15) is 5.10 Å². The molecule has 0 aliphatic heterocycles. The maximum atomic E-state index is 12.7. The van der Waals surface area contributed by atoms with E-state index in [0.29, 0.717) is 34.3 Å². The number of pyridine rings is 1. The van der Waals surface area contributed by atoms with Crippen molar-refractivity contribution in [3.05, 3.63) is 53.3 Å². The Morgan fingerprint density at radius 2 is 1.89 bits per heavy atom. The minimum Gasteiger partial charge on any atom is -0.423 e. The summed E-state index contributed by atoms with van der Waals surface area (Å²) in [5, 5.41) is 5.08. The topological polar surface area (TPSA) is 74.1 Å². The van der Waals surface area contributed by atoms with Gasteiger partial charge in [-0.1, -0.05) is 13.8 Å². The molecule has 0 aliphatic carbocycles. The van der Waals surface area contributed by atoms with Crippen LogP contribution in [0.15, 0.2) is 36.5 Å². The zero-order valence-electron chi connectivity index (χ0n) is 16.0. The van der Waals surface area contributed by atoms with Gasteiger partial charge in [-0.15, -0.1) is 0 Å². The van der Waals surface area contributed by atoms with Gasteiger partial charge in [-0.25, -0.2) is 14.5 Å². The number of hydrogen-bond donors (Lipinski definition) is 0. The van der Waals surface area contributed by atoms with Crippen molar-refractivity contribution in [3.8, 4) is 5.75 Å². The summed E-state index contributed by atoms with van der Waals surface area (Å²) >= 11 is 0. The van der Waals surface area contributed by atoms with Crippen LogP contribution in [0.4, 0.5) is 0 Å². The fraction of sp³-hybridized carbons (Fsp3) is 0.333. The van der Waals surface area contributed by atoms with Crippen LogP contribution in [0, 0.1) is 6.92 Å². The molecule has 0 N–H and O–H groups in total. The zero-order chi connectivity index (χ0) is 19.6. The summed E-state index contributed by atoms with van der Waals surface area (Å²) in [7, 11) is 0. The van der Waals surface area contributed by atoms with Crippen LogP contribution in [0.5, 0.6) is 5.75 Å². The normalized spacial score (nSPS) is 12.1. The Morgan fingerprint density at radius 3 is 2.52 bits per heavy atom. The minimum atomic E-state index is -0.469. The van der Waals surface area contributed by atoms with E-state index in [2.05, 4.69) is 23.9 Å². The van der Waals surface area contributed by atoms with Crippen molar-refractivity contribution in [1.29, 1.82) is 0 Å². The van der Waals surface area contributed by atoms with Crippen LogP contribution in [0.2, 0.25) is 0 Å². The van der Waals surface area contributed by atoms with E-state index in [1.54, 1.807) is 36.5 Å². The van der Waals surface area contributed by atoms with Gasteiger partial charge in [0.2, 0.25) is 0 Å². The third-order valence-corrected chi connectivity index (χ3v) is 4.63. The van der Waals surface area contributed by atoms with Crippen molar-refractivity contribution >= 4 is 22.8 Å². The fourth-order valence-electron chi connectivity index (χ4n) is 2.88. The van der Waals surface area contributed by atoms with Crippen molar-refractivity contribution in [2.75, 3.05) is 0 Å². The van der Waals surface area contributed by atoms with E-state index in [4.69, 9.17) is 4.74 Å². The Morgan fingerprint density at radius 1 is 1.19 bits per heavy atom. The van der Waals surface area contributed by atoms with Gasteiger partial charge in [0.05, 0.1) is 23.2 Å². The van der Waals surface area contributed by atoms with Crippen LogP contribution in [0.25, 0.3) is 11.0 Å². The summed E-state index contributed by atoms with van der Waals surface area (Å²) in [6.07, 6.45) is 3.01. The van der Waals surface area contributed by atoms with E-state index in [-0.39, 0.29) is 11.8 Å². The van der Waals surface area contributed by atoms with Gasteiger partial charge >= 0.3 is 5.97 Å². The number of ether oxygens (including phenoxy) is 1. The van der Waals surface area contributed by atoms with Crippen LogP contribution in [0.3, 0.4) is 0 Å². The zero-order valence-corrected chi connectivity index (χ0v) is 16.0. The van der Waals surface area contributed by atoms with Gasteiger partial charge in [0, 0.05) is 17.7 Å². The lowest BCUT2D eigenvalue weighted by Gasteiger charge is -2.11. The molecule has 1 aromatic carbocycles. The number of fused-ring (bicyclic) bond motifs is 1. The van der Waals surface area contributed by atoms with Crippen molar-refractivity contribution in [2.24, 2.45) is 0 Å². The molecule has 2 aromatic heterocycles. The highest BCUT2D eigenvalue weighted by Crippen LogP contribution is 2.24. The number of esters is 1. The predicted octanol–water partition coefficient (Wildman–Crippen LogP) is 4.52. The number of benzene rings is 1. The SMILES string of the molecule is CCC(=O)c1ccc(OC(=O)c2cc(C)nc3c2cnn3C(C)CC)cc1. The second-order valence-electron chi connectivity index (χ2n) is 6.59. The largest absolute Gasteiger partial charge is 0.423 e. The molecule has 1 atom stereocenters. The van der Waals surface area contributed by atoms with Crippen molar-refractivity contribution in [2.45, 2.75) is 46.6 Å². The highest BCUT2D eigenvalue weighted by Gasteiger charge is 2.19. The van der Waals surface area contributed by atoms with E-state index >= 15 is 0 Å². The Hall–Kier alpha value is -3.02. The lowest BCUT2D eigenvalue weighted by atomic mass is 10.1. The first-order chi connectivity index (χ1) is 12.9. The minimum absolute atomic E-state index is 0.0526. The first kappa shape index (κ1) is 18.8. The molecule has 140 valence electrons. The van der Waals surface area contributed by atoms with E-state index in [0.717, 1.165) is 12.1 Å². The van der Waals surface area contributed by atoms with Crippen LogP contribution in [-0.2, 0) is 0 Å². The molecule has 6 nitrogen and oxygen atoms in total. The molecule has 27 heavy (non-hydrogen) atoms. The highest BCUT2D eigenvalue weighted by molar-refractivity contribution is 6.03. The molecule has 0 saturated heterocycles. The van der Waals surface area contributed by atoms with Crippen LogP contribution < -0.4 is 4.74 Å². The third-order valence-electron chi connectivity index (χ3n) is 4.63. The van der Waals surface area contributed by atoms with Crippen molar-refractivity contribution in [3.63, 3.8) is 0 Å². The molecule has 6 heteroatoms. The van der Waals surface area contributed by atoms with E-state index in [9.17, 15) is 9.59 Å². The molecule has 0 bridgehead atoms. The van der Waals surface area contributed by atoms with Crippen molar-refractivity contribution < 1.29 is 14.3 Å². The highest BCUT2D eigenvalue weighted by atomic mass is 16.5. The Balaban J connectivity index is 1.91. The molecule has 0 amide bonds. The molecular formula is C21H23N3O3. The average molecular weight is 365 g/mol. The number of nitrogens with zero attached hydrogens (tertiary/aromatic N) is 3. The number of carbonyl (C=O) groups is 2. The molecule has 0 aliphatic rings. The Kier molecular flexibility index (Phi) is 5.35. The number of hydrogen-bond acceptors (Lipinski definition) is 5. The maximum Gasteiger partial charge on any atom is 0.344 e. The first-order valence-corrected chi connectivity index (χ1v) is 9.14. The van der Waals surface area contributed by atoms with Gasteiger partial charge in [-0.05, 0) is 50.6 Å². The number of carbonyl (C=O) groups excluding carboxylic acids is 2. The molecule has 0 radical (unpaired) electrons. The van der Waals surface area contributed by atoms with Gasteiger partial charge in [0.25, 0.3) is 0 Å². The van der Waals surface area contributed by atoms with Crippen LogP contribution in [-0.4, -0.2) is 26.5 Å². The number of aromatic nitrogens is 3. The second kappa shape index (κ2) is 7.70. The monoisotopic (exact) mass is 365 g/mol. The summed E-state index contributed by atoms with van der Waals surface area (Å²) in [6.45, 7) is 7.80. The summed E-state index contributed by atoms with van der Waals surface area (Å²) in [6, 6.07) is 8.50. The number of rotatable bonds is 6. The molecule has 0 fully saturated rings. The van der Waals surface area contributed by atoms with E-state index in [1.165, 1.54) is 0 Å². The molecule has 2 heterocycles. The summed E-state index contributed by atoms with van der Waals surface area (Å²) in [4.78, 5) is 29.0. The maximum absolute atomic E-state index is 12.7. The lowest BCUT2D eigenvalue weighted by molar-refractivity contribution is 0.0736. The Labute approximate surface area is 158 Å². The predicted molar refractivity (Wildman–Crippen MR) is 103 cm³/mol. The van der Waals surface area contributed by atoms with Crippen molar-refractivity contribution in [1.82, 2.24) is 14.8 Å². The number of ketones is 1. The van der Waals surface area contributed by atoms with Gasteiger partial charge < -0.3 is 4.74 Å². The molecule has 3 rings (SSSR count). The van der Waals surface area contributed by atoms with E-state index < -0.39 is 5.97 Å². The first-order valence-electron chi connectivity index (χ1n) is 9.14. The molecule has 1 unspecified atom stereocenters. The average Bonchev–Trinajstić information content (AvgIpc) is 3.10. The third kappa shape index (κ3) is 3.74. The smallest absolute Gasteiger partial charge is 0.344 e. The molecular weight excluding hydrogens is 342 g/mol. The number of aryl methyl sites for hydroxylation is 1. The number of Topliss-reactive ketones (excluding diaryl/α,β-unsaturated/α-hetero) is 1. The molecule has 0 spiro atoms. The second-order valence-corrected chi connectivity index (χ2v) is 6.59. The van der Waals surface area contributed by atoms with Gasteiger partial charge in [-0.3, -0.25) is 4.79 Å². The summed E-state index contributed by atoms with van der Waals surface area (Å²) in [5.74, 6) is -0.0230. The van der Waals surface area contributed by atoms with E-state index in [1.807, 2.05) is 18.5 Å². The van der Waals surface area contributed by atoms with Gasteiger partial charge in [0.15, 0.2) is 11.4 Å². The fourth-order valence-corrected chi connectivity index (χ4v) is 2.88. The summed E-state index contributed by atoms with van der Waals surface area (Å²) in [5.41, 5.74) is 2.44.